The van der Waals surface area contributed by atoms with Gasteiger partial charge in [-0.25, -0.2) is 4.79 Å². The van der Waals surface area contributed by atoms with Crippen molar-refractivity contribution in [1.29, 1.82) is 5.26 Å². The number of methoxy groups -OCH3 is 1. The molecule has 1 N–H and O–H groups in total. The Morgan fingerprint density at radius 1 is 1.29 bits per heavy atom. The number of benzene rings is 2. The van der Waals surface area contributed by atoms with Crippen LogP contribution >= 0.6 is 11.6 Å². The van der Waals surface area contributed by atoms with Gasteiger partial charge < -0.3 is 10.1 Å². The smallest absolute Gasteiger partial charge is 0.332 e. The monoisotopic (exact) mass is 300 g/mol. The predicted octanol–water partition coefficient (Wildman–Crippen LogP) is 3.54. The van der Waals surface area contributed by atoms with Crippen molar-refractivity contribution in [2.75, 3.05) is 12.4 Å². The van der Waals surface area contributed by atoms with E-state index in [2.05, 4.69) is 5.32 Å². The van der Waals surface area contributed by atoms with Crippen molar-refractivity contribution in [3.63, 3.8) is 0 Å². The summed E-state index contributed by atoms with van der Waals surface area (Å²) in [5.41, 5.74) is 1.81. The molecule has 2 aromatic rings. The molecule has 2 rings (SSSR count). The number of hydrogen-bond donors (Lipinski definition) is 1. The summed E-state index contributed by atoms with van der Waals surface area (Å²) >= 11 is 5.99. The first-order chi connectivity index (χ1) is 10.2. The molecule has 106 valence electrons. The van der Waals surface area contributed by atoms with Crippen molar-refractivity contribution in [2.45, 2.75) is 6.04 Å². The van der Waals surface area contributed by atoms with E-state index < -0.39 is 12.0 Å². The number of anilines is 1. The van der Waals surface area contributed by atoms with E-state index in [-0.39, 0.29) is 0 Å². The van der Waals surface area contributed by atoms with Gasteiger partial charge in [0.05, 0.1) is 17.7 Å². The van der Waals surface area contributed by atoms with Crippen LogP contribution in [-0.4, -0.2) is 13.1 Å². The van der Waals surface area contributed by atoms with Crippen LogP contribution in [0.2, 0.25) is 5.02 Å². The fraction of sp³-hybridized carbons (Fsp3) is 0.125. The van der Waals surface area contributed by atoms with Crippen LogP contribution in [0.3, 0.4) is 0 Å². The molecule has 21 heavy (non-hydrogen) atoms. The van der Waals surface area contributed by atoms with Crippen molar-refractivity contribution in [2.24, 2.45) is 0 Å². The average molecular weight is 301 g/mol. The molecule has 2 aromatic carbocycles. The van der Waals surface area contributed by atoms with Gasteiger partial charge in [0, 0.05) is 5.69 Å². The molecule has 1 atom stereocenters. The molecule has 0 amide bonds. The minimum absolute atomic E-state index is 0.333. The van der Waals surface area contributed by atoms with Crippen LogP contribution in [0, 0.1) is 11.3 Å². The summed E-state index contributed by atoms with van der Waals surface area (Å²) < 4.78 is 4.83. The summed E-state index contributed by atoms with van der Waals surface area (Å²) in [5.74, 6) is -0.401. The third-order valence-corrected chi connectivity index (χ3v) is 3.28. The number of nitrogens with zero attached hydrogens (tertiary/aromatic N) is 1. The first kappa shape index (κ1) is 14.9. The van der Waals surface area contributed by atoms with Gasteiger partial charge in [-0.1, -0.05) is 41.9 Å². The standard InChI is InChI=1S/C16H13ClN2O2/c1-21-16(20)15(11-5-3-2-4-6-11)19-13-8-7-12(10-18)14(17)9-13/h2-9,15,19H,1H3. The number of nitrogens with one attached hydrogen (secondary N) is 1. The topological polar surface area (TPSA) is 62.1 Å². The minimum atomic E-state index is -0.639. The second kappa shape index (κ2) is 6.78. The van der Waals surface area contributed by atoms with Gasteiger partial charge in [-0.15, -0.1) is 0 Å². The molecule has 0 aliphatic rings. The molecule has 0 aromatic heterocycles. The molecule has 0 aliphatic heterocycles. The van der Waals surface area contributed by atoms with E-state index in [1.54, 1.807) is 18.2 Å². The van der Waals surface area contributed by atoms with Gasteiger partial charge in [0.25, 0.3) is 0 Å². The van der Waals surface area contributed by atoms with Crippen LogP contribution in [0.15, 0.2) is 48.5 Å². The van der Waals surface area contributed by atoms with E-state index in [0.717, 1.165) is 5.56 Å². The van der Waals surface area contributed by atoms with E-state index >= 15 is 0 Å². The number of ether oxygens (including phenoxy) is 1. The maximum Gasteiger partial charge on any atom is 0.332 e. The summed E-state index contributed by atoms with van der Waals surface area (Å²) in [4.78, 5) is 12.0. The van der Waals surface area contributed by atoms with E-state index in [1.165, 1.54) is 7.11 Å². The van der Waals surface area contributed by atoms with Gasteiger partial charge in [0.1, 0.15) is 6.07 Å². The predicted molar refractivity (Wildman–Crippen MR) is 81.0 cm³/mol. The Hall–Kier alpha value is -2.51. The van der Waals surface area contributed by atoms with E-state index in [4.69, 9.17) is 21.6 Å². The fourth-order valence-electron chi connectivity index (χ4n) is 1.90. The largest absolute Gasteiger partial charge is 0.467 e. The Balaban J connectivity index is 2.30. The van der Waals surface area contributed by atoms with Crippen molar-refractivity contribution in [3.8, 4) is 6.07 Å². The Kier molecular flexibility index (Phi) is 4.81. The van der Waals surface area contributed by atoms with Crippen LogP contribution in [-0.2, 0) is 9.53 Å². The van der Waals surface area contributed by atoms with Crippen molar-refractivity contribution in [3.05, 3.63) is 64.7 Å². The second-order valence-corrected chi connectivity index (χ2v) is 4.72. The normalized spacial score (nSPS) is 11.3. The van der Waals surface area contributed by atoms with Gasteiger partial charge >= 0.3 is 5.97 Å². The summed E-state index contributed by atoms with van der Waals surface area (Å²) in [7, 11) is 1.34. The van der Waals surface area contributed by atoms with Gasteiger partial charge in [-0.2, -0.15) is 5.26 Å². The Morgan fingerprint density at radius 3 is 2.57 bits per heavy atom. The highest BCUT2D eigenvalue weighted by atomic mass is 35.5. The molecule has 0 bridgehead atoms. The quantitative estimate of drug-likeness (QED) is 0.877. The van der Waals surface area contributed by atoms with Crippen molar-refractivity contribution in [1.82, 2.24) is 0 Å². The van der Waals surface area contributed by atoms with Gasteiger partial charge in [-0.05, 0) is 23.8 Å². The summed E-state index contributed by atoms with van der Waals surface area (Å²) in [5, 5.41) is 12.3. The number of hydrogen-bond acceptors (Lipinski definition) is 4. The molecule has 0 spiro atoms. The van der Waals surface area contributed by atoms with Gasteiger partial charge in [0.15, 0.2) is 6.04 Å². The Morgan fingerprint density at radius 2 is 2.00 bits per heavy atom. The zero-order chi connectivity index (χ0) is 15.2. The van der Waals surface area contributed by atoms with Crippen LogP contribution in [0.5, 0.6) is 0 Å². The number of carbonyl (C=O) groups excluding carboxylic acids is 1. The van der Waals surface area contributed by atoms with E-state index in [0.29, 0.717) is 16.3 Å². The number of rotatable bonds is 4. The highest BCUT2D eigenvalue weighted by Gasteiger charge is 2.21. The van der Waals surface area contributed by atoms with E-state index in [9.17, 15) is 4.79 Å². The maximum absolute atomic E-state index is 12.0. The summed E-state index contributed by atoms with van der Waals surface area (Å²) in [6, 6.07) is 15.5. The molecule has 0 saturated carbocycles. The fourth-order valence-corrected chi connectivity index (χ4v) is 2.13. The first-order valence-electron chi connectivity index (χ1n) is 6.24. The molecule has 0 heterocycles. The number of esters is 1. The highest BCUT2D eigenvalue weighted by Crippen LogP contribution is 2.25. The molecular formula is C16H13ClN2O2. The Labute approximate surface area is 127 Å². The average Bonchev–Trinajstić information content (AvgIpc) is 2.53. The molecule has 1 unspecified atom stereocenters. The minimum Gasteiger partial charge on any atom is -0.467 e. The molecule has 0 aliphatic carbocycles. The number of carbonyl (C=O) groups is 1. The van der Waals surface area contributed by atoms with Crippen molar-refractivity contribution < 1.29 is 9.53 Å². The first-order valence-corrected chi connectivity index (χ1v) is 6.62. The summed E-state index contributed by atoms with van der Waals surface area (Å²) in [6.45, 7) is 0. The van der Waals surface area contributed by atoms with Crippen LogP contribution in [0.4, 0.5) is 5.69 Å². The molecule has 0 saturated heterocycles. The maximum atomic E-state index is 12.0. The zero-order valence-corrected chi connectivity index (χ0v) is 12.1. The Bertz CT molecular complexity index is 680. The second-order valence-electron chi connectivity index (χ2n) is 4.32. The third kappa shape index (κ3) is 3.53. The van der Waals surface area contributed by atoms with Crippen molar-refractivity contribution >= 4 is 23.3 Å². The lowest BCUT2D eigenvalue weighted by atomic mass is 10.1. The van der Waals surface area contributed by atoms with Crippen LogP contribution < -0.4 is 5.32 Å². The number of nitriles is 1. The number of halogens is 1. The van der Waals surface area contributed by atoms with Gasteiger partial charge in [0.2, 0.25) is 0 Å². The van der Waals surface area contributed by atoms with E-state index in [1.807, 2.05) is 36.4 Å². The molecule has 5 heteroatoms. The zero-order valence-electron chi connectivity index (χ0n) is 11.3. The van der Waals surface area contributed by atoms with Gasteiger partial charge in [-0.3, -0.25) is 0 Å². The molecule has 0 fully saturated rings. The third-order valence-electron chi connectivity index (χ3n) is 2.97. The lowest BCUT2D eigenvalue weighted by Crippen LogP contribution is -2.22. The highest BCUT2D eigenvalue weighted by molar-refractivity contribution is 6.32. The van der Waals surface area contributed by atoms with Crippen LogP contribution in [0.25, 0.3) is 0 Å². The van der Waals surface area contributed by atoms with Crippen LogP contribution in [0.1, 0.15) is 17.2 Å². The SMILES string of the molecule is COC(=O)C(Nc1ccc(C#N)c(Cl)c1)c1ccccc1. The molecule has 0 radical (unpaired) electrons. The lowest BCUT2D eigenvalue weighted by Gasteiger charge is -2.18. The molecular weight excluding hydrogens is 288 g/mol. The molecule has 4 nitrogen and oxygen atoms in total. The lowest BCUT2D eigenvalue weighted by molar-refractivity contribution is -0.141. The summed E-state index contributed by atoms with van der Waals surface area (Å²) in [6.07, 6.45) is 0.